The number of hydrogen-bond acceptors (Lipinski definition) is 2. The molecule has 0 amide bonds. The Morgan fingerprint density at radius 2 is 2.00 bits per heavy atom. The lowest BCUT2D eigenvalue weighted by Crippen LogP contribution is -2.16. The average molecular weight is 318 g/mol. The maximum absolute atomic E-state index is 12.7. The predicted molar refractivity (Wildman–Crippen MR) is 52.2 cm³/mol. The second-order valence-corrected chi connectivity index (χ2v) is 3.56. The molecular formula is C9H5BrF5NO. The molecule has 0 atom stereocenters. The number of aromatic nitrogens is 1. The van der Waals surface area contributed by atoms with Gasteiger partial charge in [0.05, 0.1) is 11.3 Å². The summed E-state index contributed by atoms with van der Waals surface area (Å²) in [5, 5.41) is -0.333. The lowest BCUT2D eigenvalue weighted by atomic mass is 10.0. The van der Waals surface area contributed by atoms with Crippen molar-refractivity contribution in [1.82, 2.24) is 4.98 Å². The molecule has 1 aromatic rings. The van der Waals surface area contributed by atoms with Crippen molar-refractivity contribution in [2.24, 2.45) is 0 Å². The van der Waals surface area contributed by atoms with E-state index in [0.29, 0.717) is 6.20 Å². The zero-order valence-corrected chi connectivity index (χ0v) is 9.65. The van der Waals surface area contributed by atoms with Gasteiger partial charge in [-0.25, -0.2) is 8.78 Å². The summed E-state index contributed by atoms with van der Waals surface area (Å²) in [6.07, 6.45) is -7.74. The van der Waals surface area contributed by atoms with E-state index in [1.54, 1.807) is 0 Å². The Bertz CT molecular complexity index is 432. The first-order chi connectivity index (χ1) is 7.82. The zero-order valence-electron chi connectivity index (χ0n) is 8.06. The summed E-state index contributed by atoms with van der Waals surface area (Å²) in [6.45, 7) is 0. The number of alkyl halides is 6. The highest BCUT2D eigenvalue weighted by Gasteiger charge is 2.40. The lowest BCUT2D eigenvalue weighted by Gasteiger charge is -2.16. The minimum Gasteiger partial charge on any atom is -0.298 e. The standard InChI is InChI=1S/C9H5BrF5NO/c10-1-5-7(9(13,14)15)6(8(11)12)4(3-17)2-16-5/h2-3,8H,1H2. The number of carbonyl (C=O) groups is 1. The van der Waals surface area contributed by atoms with Crippen LogP contribution in [-0.4, -0.2) is 11.3 Å². The summed E-state index contributed by atoms with van der Waals surface area (Å²) in [5.74, 6) is 0. The van der Waals surface area contributed by atoms with Crippen LogP contribution in [0.3, 0.4) is 0 Å². The van der Waals surface area contributed by atoms with Crippen molar-refractivity contribution in [2.75, 3.05) is 0 Å². The third-order valence-corrected chi connectivity index (χ3v) is 2.51. The van der Waals surface area contributed by atoms with Crippen LogP contribution in [0.2, 0.25) is 0 Å². The highest BCUT2D eigenvalue weighted by molar-refractivity contribution is 9.08. The van der Waals surface area contributed by atoms with Gasteiger partial charge in [-0.15, -0.1) is 0 Å². The number of hydrogen-bond donors (Lipinski definition) is 0. The van der Waals surface area contributed by atoms with E-state index in [0.717, 1.165) is 0 Å². The summed E-state index contributed by atoms with van der Waals surface area (Å²) in [7, 11) is 0. The van der Waals surface area contributed by atoms with Crippen LogP contribution in [0.5, 0.6) is 0 Å². The summed E-state index contributed by atoms with van der Waals surface area (Å²) >= 11 is 2.73. The molecule has 0 aliphatic rings. The first kappa shape index (κ1) is 14.0. The van der Waals surface area contributed by atoms with Gasteiger partial charge in [0.25, 0.3) is 6.43 Å². The molecule has 0 radical (unpaired) electrons. The van der Waals surface area contributed by atoms with E-state index in [-0.39, 0.29) is 11.6 Å². The van der Waals surface area contributed by atoms with Gasteiger partial charge in [-0.2, -0.15) is 13.2 Å². The van der Waals surface area contributed by atoms with Crippen LogP contribution in [0.25, 0.3) is 0 Å². The lowest BCUT2D eigenvalue weighted by molar-refractivity contribution is -0.140. The van der Waals surface area contributed by atoms with E-state index < -0.39 is 35.0 Å². The minimum absolute atomic E-state index is 0.0677. The largest absolute Gasteiger partial charge is 0.418 e. The summed E-state index contributed by atoms with van der Waals surface area (Å²) in [5.41, 5.74) is -4.19. The molecule has 0 unspecified atom stereocenters. The molecule has 0 saturated carbocycles. The summed E-state index contributed by atoms with van der Waals surface area (Å²) < 4.78 is 63.2. The van der Waals surface area contributed by atoms with Crippen LogP contribution in [0.4, 0.5) is 22.0 Å². The molecule has 8 heteroatoms. The summed E-state index contributed by atoms with van der Waals surface area (Å²) in [6, 6.07) is 0. The Kier molecular flexibility index (Phi) is 4.18. The minimum atomic E-state index is -4.99. The predicted octanol–water partition coefficient (Wildman–Crippen LogP) is 3.75. The fourth-order valence-corrected chi connectivity index (χ4v) is 1.75. The number of nitrogens with zero attached hydrogens (tertiary/aromatic N) is 1. The molecule has 0 N–H and O–H groups in total. The highest BCUT2D eigenvalue weighted by Crippen LogP contribution is 2.39. The molecule has 0 aliphatic heterocycles. The molecule has 17 heavy (non-hydrogen) atoms. The van der Waals surface area contributed by atoms with Crippen LogP contribution in [0.1, 0.15) is 33.6 Å². The Labute approximate surface area is 101 Å². The molecule has 0 bridgehead atoms. The number of halogens is 6. The van der Waals surface area contributed by atoms with Gasteiger partial charge >= 0.3 is 6.18 Å². The molecule has 1 rings (SSSR count). The summed E-state index contributed by atoms with van der Waals surface area (Å²) in [4.78, 5) is 13.8. The van der Waals surface area contributed by atoms with Crippen molar-refractivity contribution in [1.29, 1.82) is 0 Å². The average Bonchev–Trinajstić information content (AvgIpc) is 2.25. The molecule has 0 aliphatic carbocycles. The fourth-order valence-electron chi connectivity index (χ4n) is 1.33. The van der Waals surface area contributed by atoms with Crippen molar-refractivity contribution in [3.05, 3.63) is 28.6 Å². The van der Waals surface area contributed by atoms with E-state index in [1.165, 1.54) is 0 Å². The SMILES string of the molecule is O=Cc1cnc(CBr)c(C(F)(F)F)c1C(F)F. The van der Waals surface area contributed by atoms with Gasteiger partial charge in [-0.3, -0.25) is 9.78 Å². The number of aldehydes is 1. The number of rotatable bonds is 3. The van der Waals surface area contributed by atoms with Crippen molar-refractivity contribution >= 4 is 22.2 Å². The molecule has 0 spiro atoms. The van der Waals surface area contributed by atoms with Gasteiger partial charge in [0, 0.05) is 22.7 Å². The molecule has 0 aromatic carbocycles. The number of carbonyl (C=O) groups excluding carboxylic acids is 1. The van der Waals surface area contributed by atoms with E-state index >= 15 is 0 Å². The van der Waals surface area contributed by atoms with Gasteiger partial charge in [-0.1, -0.05) is 15.9 Å². The van der Waals surface area contributed by atoms with Crippen molar-refractivity contribution in [3.63, 3.8) is 0 Å². The van der Waals surface area contributed by atoms with Gasteiger partial charge in [0.2, 0.25) is 0 Å². The van der Waals surface area contributed by atoms with E-state index in [4.69, 9.17) is 0 Å². The Morgan fingerprint density at radius 1 is 1.41 bits per heavy atom. The molecule has 1 aromatic heterocycles. The van der Waals surface area contributed by atoms with Gasteiger partial charge in [0.1, 0.15) is 0 Å². The third kappa shape index (κ3) is 2.80. The van der Waals surface area contributed by atoms with Crippen LogP contribution in [-0.2, 0) is 11.5 Å². The Morgan fingerprint density at radius 3 is 2.35 bits per heavy atom. The molecule has 2 nitrogen and oxygen atoms in total. The monoisotopic (exact) mass is 317 g/mol. The van der Waals surface area contributed by atoms with Gasteiger partial charge in [-0.05, 0) is 0 Å². The normalized spacial score (nSPS) is 11.9. The molecule has 0 saturated heterocycles. The maximum Gasteiger partial charge on any atom is 0.418 e. The van der Waals surface area contributed by atoms with Crippen molar-refractivity contribution in [2.45, 2.75) is 17.9 Å². The van der Waals surface area contributed by atoms with E-state index in [1.807, 2.05) is 0 Å². The Balaban J connectivity index is 3.65. The van der Waals surface area contributed by atoms with Crippen LogP contribution < -0.4 is 0 Å². The first-order valence-corrected chi connectivity index (χ1v) is 5.33. The smallest absolute Gasteiger partial charge is 0.298 e. The molecule has 1 heterocycles. The van der Waals surface area contributed by atoms with Crippen molar-refractivity contribution < 1.29 is 26.7 Å². The highest BCUT2D eigenvalue weighted by atomic mass is 79.9. The second-order valence-electron chi connectivity index (χ2n) is 3.00. The second kappa shape index (κ2) is 5.07. The first-order valence-electron chi connectivity index (χ1n) is 4.21. The Hall–Kier alpha value is -1.05. The molecular weight excluding hydrogens is 313 g/mol. The quantitative estimate of drug-likeness (QED) is 0.483. The maximum atomic E-state index is 12.7. The number of pyridine rings is 1. The van der Waals surface area contributed by atoms with E-state index in [9.17, 15) is 26.7 Å². The molecule has 94 valence electrons. The van der Waals surface area contributed by atoms with Crippen LogP contribution >= 0.6 is 15.9 Å². The van der Waals surface area contributed by atoms with Gasteiger partial charge < -0.3 is 0 Å². The van der Waals surface area contributed by atoms with Crippen LogP contribution in [0, 0.1) is 0 Å². The van der Waals surface area contributed by atoms with Crippen molar-refractivity contribution in [3.8, 4) is 0 Å². The van der Waals surface area contributed by atoms with Crippen LogP contribution in [0.15, 0.2) is 6.20 Å². The fraction of sp³-hybridized carbons (Fsp3) is 0.333. The zero-order chi connectivity index (χ0) is 13.2. The van der Waals surface area contributed by atoms with Gasteiger partial charge in [0.15, 0.2) is 6.29 Å². The van der Waals surface area contributed by atoms with E-state index in [2.05, 4.69) is 20.9 Å². The molecule has 0 fully saturated rings. The topological polar surface area (TPSA) is 30.0 Å². The third-order valence-electron chi connectivity index (χ3n) is 1.98.